The lowest BCUT2D eigenvalue weighted by Crippen LogP contribution is -2.61. The Bertz CT molecular complexity index is 1100. The van der Waals surface area contributed by atoms with Gasteiger partial charge in [-0.05, 0) is 43.7 Å². The van der Waals surface area contributed by atoms with Gasteiger partial charge in [0.25, 0.3) is 17.4 Å². The average Bonchev–Trinajstić information content (AvgIpc) is 3.01. The highest BCUT2D eigenvalue weighted by Gasteiger charge is 2.49. The number of amides is 2. The molecule has 0 bridgehead atoms. The highest BCUT2D eigenvalue weighted by molar-refractivity contribution is 6.16. The number of likely N-dealkylation sites (N-methyl/N-ethyl adjacent to an activating group) is 1. The van der Waals surface area contributed by atoms with Crippen molar-refractivity contribution in [3.05, 3.63) is 53.9 Å². The largest absolute Gasteiger partial charge is 0.466 e. The fraction of sp³-hybridized carbons (Fsp3) is 0.286. The first-order valence-corrected chi connectivity index (χ1v) is 9.08. The van der Waals surface area contributed by atoms with E-state index in [2.05, 4.69) is 10.3 Å². The molecule has 0 spiro atoms. The maximum atomic E-state index is 12.9. The summed E-state index contributed by atoms with van der Waals surface area (Å²) < 4.78 is 7.79. The van der Waals surface area contributed by atoms with Crippen molar-refractivity contribution in [1.82, 2.24) is 14.9 Å². The van der Waals surface area contributed by atoms with Crippen molar-refractivity contribution < 1.29 is 14.3 Å². The van der Waals surface area contributed by atoms with Crippen LogP contribution in [0, 0.1) is 6.92 Å². The van der Waals surface area contributed by atoms with Gasteiger partial charge in [-0.15, -0.1) is 0 Å². The van der Waals surface area contributed by atoms with Crippen LogP contribution in [0.5, 0.6) is 5.75 Å². The summed E-state index contributed by atoms with van der Waals surface area (Å²) in [6.07, 6.45) is 0. The highest BCUT2D eigenvalue weighted by atomic mass is 16.5. The number of anilines is 1. The van der Waals surface area contributed by atoms with Gasteiger partial charge in [-0.3, -0.25) is 9.59 Å². The monoisotopic (exact) mass is 378 g/mol. The van der Waals surface area contributed by atoms with Gasteiger partial charge in [0, 0.05) is 14.1 Å². The zero-order valence-corrected chi connectivity index (χ0v) is 16.3. The Morgan fingerprint density at radius 3 is 2.71 bits per heavy atom. The number of carbonyl (C=O) groups excluding carboxylic acids is 2. The number of nitrogens with one attached hydrogen (secondary N) is 1. The molecule has 1 atom stereocenters. The number of fused-ring (bicyclic) bond motifs is 2. The molecule has 2 amide bonds. The van der Waals surface area contributed by atoms with E-state index in [-0.39, 0.29) is 6.54 Å². The van der Waals surface area contributed by atoms with Crippen molar-refractivity contribution in [3.63, 3.8) is 0 Å². The van der Waals surface area contributed by atoms with Gasteiger partial charge in [-0.2, -0.15) is 0 Å². The summed E-state index contributed by atoms with van der Waals surface area (Å²) in [6, 6.07) is 13.3. The van der Waals surface area contributed by atoms with Gasteiger partial charge in [-0.1, -0.05) is 18.2 Å². The van der Waals surface area contributed by atoms with Crippen LogP contribution in [-0.4, -0.2) is 34.0 Å². The summed E-state index contributed by atoms with van der Waals surface area (Å²) in [7, 11) is 3.55. The molecule has 0 saturated carbocycles. The Balaban J connectivity index is 1.57. The number of ether oxygens (including phenoxy) is 1. The second-order valence-corrected chi connectivity index (χ2v) is 7.23. The fourth-order valence-electron chi connectivity index (χ4n) is 3.49. The topological polar surface area (TPSA) is 76.5 Å². The van der Waals surface area contributed by atoms with E-state index in [0.29, 0.717) is 17.3 Å². The third-order valence-electron chi connectivity index (χ3n) is 5.22. The van der Waals surface area contributed by atoms with Crippen LogP contribution in [0.2, 0.25) is 0 Å². The number of imidazole rings is 1. The van der Waals surface area contributed by atoms with Crippen LogP contribution in [0.3, 0.4) is 0 Å². The Hall–Kier alpha value is -3.35. The smallest absolute Gasteiger partial charge is 0.280 e. The van der Waals surface area contributed by atoms with E-state index >= 15 is 0 Å². The van der Waals surface area contributed by atoms with Crippen LogP contribution in [0.4, 0.5) is 5.69 Å². The van der Waals surface area contributed by atoms with Gasteiger partial charge in [0.2, 0.25) is 0 Å². The predicted octanol–water partition coefficient (Wildman–Crippen LogP) is 2.31. The first-order valence-electron chi connectivity index (χ1n) is 9.08. The van der Waals surface area contributed by atoms with Gasteiger partial charge in [0.15, 0.2) is 0 Å². The highest BCUT2D eigenvalue weighted by Crippen LogP contribution is 2.37. The zero-order valence-electron chi connectivity index (χ0n) is 16.3. The van der Waals surface area contributed by atoms with Gasteiger partial charge < -0.3 is 19.5 Å². The number of rotatable bonds is 3. The van der Waals surface area contributed by atoms with Crippen LogP contribution < -0.4 is 15.0 Å². The van der Waals surface area contributed by atoms with Crippen LogP contribution >= 0.6 is 0 Å². The fourth-order valence-corrected chi connectivity index (χ4v) is 3.49. The van der Waals surface area contributed by atoms with Crippen molar-refractivity contribution in [3.8, 4) is 5.75 Å². The Morgan fingerprint density at radius 2 is 1.96 bits per heavy atom. The molecular formula is C21H22N4O3. The second kappa shape index (κ2) is 6.37. The first kappa shape index (κ1) is 18.0. The van der Waals surface area contributed by atoms with Crippen molar-refractivity contribution in [2.24, 2.45) is 7.05 Å². The van der Waals surface area contributed by atoms with Crippen molar-refractivity contribution >= 4 is 28.5 Å². The Kier molecular flexibility index (Phi) is 4.10. The van der Waals surface area contributed by atoms with E-state index in [4.69, 9.17) is 4.74 Å². The molecule has 1 aliphatic rings. The molecule has 1 N–H and O–H groups in total. The number of aromatic nitrogens is 2. The normalized spacial score (nSPS) is 18.7. The molecule has 1 aliphatic heterocycles. The van der Waals surface area contributed by atoms with E-state index in [1.54, 1.807) is 13.1 Å². The van der Waals surface area contributed by atoms with Gasteiger partial charge in [0.05, 0.1) is 23.3 Å². The maximum absolute atomic E-state index is 12.9. The summed E-state index contributed by atoms with van der Waals surface area (Å²) in [5, 5.41) is 2.81. The van der Waals surface area contributed by atoms with Crippen LogP contribution in [0.15, 0.2) is 42.5 Å². The number of benzene rings is 2. The molecule has 1 unspecified atom stereocenters. The van der Waals surface area contributed by atoms with E-state index < -0.39 is 17.4 Å². The van der Waals surface area contributed by atoms with Gasteiger partial charge >= 0.3 is 0 Å². The number of para-hydroxylation sites is 2. The van der Waals surface area contributed by atoms with E-state index in [1.165, 1.54) is 11.8 Å². The molecular weight excluding hydrogens is 356 g/mol. The third-order valence-corrected chi connectivity index (χ3v) is 5.22. The SMILES string of the molecule is Cc1ccc2c(c1)N(C)C(=O)C(C)(C(=O)NCc1nc3ccccc3n1C)O2. The van der Waals surface area contributed by atoms with Crippen molar-refractivity contribution in [2.75, 3.05) is 11.9 Å². The average molecular weight is 378 g/mol. The number of carbonyl (C=O) groups is 2. The lowest BCUT2D eigenvalue weighted by Gasteiger charge is -2.38. The molecule has 7 heteroatoms. The molecule has 0 aliphatic carbocycles. The van der Waals surface area contributed by atoms with Crippen molar-refractivity contribution in [1.29, 1.82) is 0 Å². The summed E-state index contributed by atoms with van der Waals surface area (Å²) >= 11 is 0. The Labute approximate surface area is 162 Å². The van der Waals surface area contributed by atoms with Crippen LogP contribution in [0.25, 0.3) is 11.0 Å². The summed E-state index contributed by atoms with van der Waals surface area (Å²) in [5.41, 5.74) is 1.87. The third kappa shape index (κ3) is 2.70. The van der Waals surface area contributed by atoms with Crippen LogP contribution in [0.1, 0.15) is 18.3 Å². The lowest BCUT2D eigenvalue weighted by molar-refractivity contribution is -0.148. The Morgan fingerprint density at radius 1 is 1.21 bits per heavy atom. The molecule has 4 rings (SSSR count). The standard InChI is InChI=1S/C21H22N4O3/c1-13-9-10-17-16(11-13)25(4)20(27)21(2,28-17)19(26)22-12-18-23-14-7-5-6-8-15(14)24(18)3/h5-11H,12H2,1-4H3,(H,22,26). The number of hydrogen-bond acceptors (Lipinski definition) is 4. The molecule has 0 radical (unpaired) electrons. The van der Waals surface area contributed by atoms with Crippen molar-refractivity contribution in [2.45, 2.75) is 26.0 Å². The molecule has 2 aromatic carbocycles. The molecule has 2 heterocycles. The lowest BCUT2D eigenvalue weighted by atomic mass is 10.00. The summed E-state index contributed by atoms with van der Waals surface area (Å²) in [6.45, 7) is 3.63. The molecule has 3 aromatic rings. The molecule has 0 saturated heterocycles. The molecule has 0 fully saturated rings. The number of nitrogens with zero attached hydrogens (tertiary/aromatic N) is 3. The van der Waals surface area contributed by atoms with E-state index in [0.717, 1.165) is 16.6 Å². The second-order valence-electron chi connectivity index (χ2n) is 7.23. The molecule has 7 nitrogen and oxygen atoms in total. The minimum Gasteiger partial charge on any atom is -0.466 e. The molecule has 144 valence electrons. The molecule has 1 aromatic heterocycles. The quantitative estimate of drug-likeness (QED) is 0.710. The first-order chi connectivity index (χ1) is 13.3. The molecule has 28 heavy (non-hydrogen) atoms. The number of aryl methyl sites for hydroxylation is 2. The minimum atomic E-state index is -1.64. The number of hydrogen-bond donors (Lipinski definition) is 1. The van der Waals surface area contributed by atoms with E-state index in [1.807, 2.05) is 54.9 Å². The zero-order chi connectivity index (χ0) is 20.1. The predicted molar refractivity (Wildman–Crippen MR) is 106 cm³/mol. The van der Waals surface area contributed by atoms with Gasteiger partial charge in [-0.25, -0.2) is 4.98 Å². The van der Waals surface area contributed by atoms with Crippen LogP contribution in [-0.2, 0) is 23.2 Å². The summed E-state index contributed by atoms with van der Waals surface area (Å²) in [4.78, 5) is 31.8. The summed E-state index contributed by atoms with van der Waals surface area (Å²) in [5.74, 6) is 0.301. The van der Waals surface area contributed by atoms with Gasteiger partial charge in [0.1, 0.15) is 11.6 Å². The maximum Gasteiger partial charge on any atom is 0.280 e. The van der Waals surface area contributed by atoms with E-state index in [9.17, 15) is 9.59 Å². The minimum absolute atomic E-state index is 0.195.